The number of carbonyl (C=O) groups excluding carboxylic acids is 2. The first-order valence-corrected chi connectivity index (χ1v) is 12.5. The molecule has 0 N–H and O–H groups in total. The normalized spacial score (nSPS) is 21.6. The zero-order valence-electron chi connectivity index (χ0n) is 20.9. The standard InChI is InChI=1S/C26H39N5O3/c1-4-34-24-8-6-23(7-9-24)31(11-5-10-27)26(33)20-29-14-12-28(13-15-29)19-25(32)30-17-21(2)16-22(3)18-30/h6-9,21-22H,4-5,11-20H2,1-3H3. The minimum Gasteiger partial charge on any atom is -0.494 e. The van der Waals surface area contributed by atoms with Crippen LogP contribution >= 0.6 is 0 Å². The van der Waals surface area contributed by atoms with Crippen LogP contribution in [0.2, 0.25) is 0 Å². The lowest BCUT2D eigenvalue weighted by molar-refractivity contribution is -0.135. The summed E-state index contributed by atoms with van der Waals surface area (Å²) in [7, 11) is 0. The molecule has 0 bridgehead atoms. The summed E-state index contributed by atoms with van der Waals surface area (Å²) in [6.07, 6.45) is 1.47. The molecule has 186 valence electrons. The van der Waals surface area contributed by atoms with Crippen LogP contribution in [0.25, 0.3) is 0 Å². The molecule has 0 aliphatic carbocycles. The van der Waals surface area contributed by atoms with E-state index in [0.717, 1.165) is 50.7 Å². The van der Waals surface area contributed by atoms with Gasteiger partial charge in [-0.2, -0.15) is 5.26 Å². The Morgan fingerprint density at radius 1 is 1.03 bits per heavy atom. The predicted octanol–water partition coefficient (Wildman–Crippen LogP) is 2.45. The molecule has 0 aromatic heterocycles. The highest BCUT2D eigenvalue weighted by Gasteiger charge is 2.28. The number of anilines is 1. The van der Waals surface area contributed by atoms with E-state index in [4.69, 9.17) is 10.00 Å². The van der Waals surface area contributed by atoms with Crippen molar-refractivity contribution in [3.63, 3.8) is 0 Å². The summed E-state index contributed by atoms with van der Waals surface area (Å²) < 4.78 is 5.49. The predicted molar refractivity (Wildman–Crippen MR) is 133 cm³/mol. The number of piperazine rings is 1. The molecule has 0 spiro atoms. The lowest BCUT2D eigenvalue weighted by Gasteiger charge is -2.38. The van der Waals surface area contributed by atoms with Gasteiger partial charge in [-0.25, -0.2) is 0 Å². The van der Waals surface area contributed by atoms with E-state index < -0.39 is 0 Å². The van der Waals surface area contributed by atoms with Gasteiger partial charge in [-0.3, -0.25) is 19.4 Å². The fourth-order valence-corrected chi connectivity index (χ4v) is 4.99. The molecule has 34 heavy (non-hydrogen) atoms. The van der Waals surface area contributed by atoms with Crippen molar-refractivity contribution < 1.29 is 14.3 Å². The van der Waals surface area contributed by atoms with E-state index >= 15 is 0 Å². The van der Waals surface area contributed by atoms with Crippen LogP contribution in [0.1, 0.15) is 33.6 Å². The van der Waals surface area contributed by atoms with Crippen molar-refractivity contribution >= 4 is 17.5 Å². The van der Waals surface area contributed by atoms with Crippen molar-refractivity contribution in [3.05, 3.63) is 24.3 Å². The molecule has 2 aliphatic rings. The molecular formula is C26H39N5O3. The van der Waals surface area contributed by atoms with Crippen molar-refractivity contribution in [2.75, 3.05) is 70.4 Å². The van der Waals surface area contributed by atoms with Crippen LogP contribution in [0.3, 0.4) is 0 Å². The number of amides is 2. The lowest BCUT2D eigenvalue weighted by Crippen LogP contribution is -2.53. The largest absolute Gasteiger partial charge is 0.494 e. The van der Waals surface area contributed by atoms with Gasteiger partial charge in [-0.15, -0.1) is 0 Å². The molecule has 2 unspecified atom stereocenters. The monoisotopic (exact) mass is 469 g/mol. The quantitative estimate of drug-likeness (QED) is 0.553. The summed E-state index contributed by atoms with van der Waals surface area (Å²) in [4.78, 5) is 34.0. The Labute approximate surface area is 204 Å². The second-order valence-electron chi connectivity index (χ2n) is 9.68. The maximum Gasteiger partial charge on any atom is 0.241 e. The number of benzene rings is 1. The van der Waals surface area contributed by atoms with Gasteiger partial charge in [0.15, 0.2) is 0 Å². The number of carbonyl (C=O) groups is 2. The van der Waals surface area contributed by atoms with Gasteiger partial charge in [0.05, 0.1) is 32.2 Å². The van der Waals surface area contributed by atoms with E-state index in [-0.39, 0.29) is 18.2 Å². The molecule has 1 aromatic rings. The summed E-state index contributed by atoms with van der Waals surface area (Å²) in [6.45, 7) is 12.9. The Kier molecular flexibility index (Phi) is 9.73. The van der Waals surface area contributed by atoms with Crippen molar-refractivity contribution in [3.8, 4) is 11.8 Å². The minimum atomic E-state index is -0.0137. The molecule has 1 aromatic carbocycles. The fraction of sp³-hybridized carbons (Fsp3) is 0.654. The Bertz CT molecular complexity index is 835. The Hall–Kier alpha value is -2.63. The molecule has 2 amide bonds. The molecule has 0 radical (unpaired) electrons. The molecule has 2 aliphatic heterocycles. The van der Waals surface area contributed by atoms with Gasteiger partial charge < -0.3 is 14.5 Å². The number of ether oxygens (including phenoxy) is 1. The van der Waals surface area contributed by atoms with Gasteiger partial charge in [0.1, 0.15) is 5.75 Å². The van der Waals surface area contributed by atoms with Crippen molar-refractivity contribution in [1.82, 2.24) is 14.7 Å². The van der Waals surface area contributed by atoms with Crippen LogP contribution in [0.15, 0.2) is 24.3 Å². The van der Waals surface area contributed by atoms with Crippen LogP contribution < -0.4 is 9.64 Å². The minimum absolute atomic E-state index is 0.0137. The SMILES string of the molecule is CCOc1ccc(N(CCC#N)C(=O)CN2CCN(CC(=O)N3CC(C)CC(C)C3)CC2)cc1. The topological polar surface area (TPSA) is 80.1 Å². The average molecular weight is 470 g/mol. The number of rotatable bonds is 9. The van der Waals surface area contributed by atoms with Crippen molar-refractivity contribution in [2.24, 2.45) is 11.8 Å². The van der Waals surface area contributed by atoms with Gasteiger partial charge in [0, 0.05) is 51.5 Å². The van der Waals surface area contributed by atoms with E-state index in [0.29, 0.717) is 38.1 Å². The smallest absolute Gasteiger partial charge is 0.241 e. The summed E-state index contributed by atoms with van der Waals surface area (Å²) >= 11 is 0. The molecule has 0 saturated carbocycles. The van der Waals surface area contributed by atoms with Crippen LogP contribution in [0, 0.1) is 23.2 Å². The second kappa shape index (κ2) is 12.7. The highest BCUT2D eigenvalue weighted by atomic mass is 16.5. The van der Waals surface area contributed by atoms with E-state index in [1.807, 2.05) is 36.1 Å². The first kappa shape index (κ1) is 26.0. The zero-order valence-corrected chi connectivity index (χ0v) is 20.9. The molecule has 2 fully saturated rings. The third-order valence-electron chi connectivity index (χ3n) is 6.61. The van der Waals surface area contributed by atoms with Crippen LogP contribution in [0.4, 0.5) is 5.69 Å². The highest BCUT2D eigenvalue weighted by molar-refractivity contribution is 5.94. The van der Waals surface area contributed by atoms with Gasteiger partial charge in [-0.1, -0.05) is 13.8 Å². The number of likely N-dealkylation sites (tertiary alicyclic amines) is 1. The number of nitrogens with zero attached hydrogens (tertiary/aromatic N) is 5. The van der Waals surface area contributed by atoms with Crippen molar-refractivity contribution in [2.45, 2.75) is 33.6 Å². The van der Waals surface area contributed by atoms with Crippen LogP contribution in [0.5, 0.6) is 5.75 Å². The zero-order chi connectivity index (χ0) is 24.5. The maximum atomic E-state index is 13.1. The summed E-state index contributed by atoms with van der Waals surface area (Å²) in [6, 6.07) is 9.58. The number of piperidine rings is 1. The number of hydrogen-bond donors (Lipinski definition) is 0. The van der Waals surface area contributed by atoms with E-state index in [1.54, 1.807) is 4.90 Å². The molecule has 3 rings (SSSR count). The third kappa shape index (κ3) is 7.44. The second-order valence-corrected chi connectivity index (χ2v) is 9.68. The molecule has 2 heterocycles. The fourth-order valence-electron chi connectivity index (χ4n) is 4.99. The summed E-state index contributed by atoms with van der Waals surface area (Å²) in [5.74, 6) is 2.10. The van der Waals surface area contributed by atoms with E-state index in [2.05, 4.69) is 29.7 Å². The van der Waals surface area contributed by atoms with E-state index in [9.17, 15) is 9.59 Å². The number of hydrogen-bond acceptors (Lipinski definition) is 6. The highest BCUT2D eigenvalue weighted by Crippen LogP contribution is 2.22. The summed E-state index contributed by atoms with van der Waals surface area (Å²) in [5.41, 5.74) is 0.776. The number of nitriles is 1. The van der Waals surface area contributed by atoms with Gasteiger partial charge >= 0.3 is 0 Å². The molecular weight excluding hydrogens is 430 g/mol. The Balaban J connectivity index is 1.49. The van der Waals surface area contributed by atoms with Gasteiger partial charge in [0.2, 0.25) is 11.8 Å². The van der Waals surface area contributed by atoms with Crippen molar-refractivity contribution in [1.29, 1.82) is 5.26 Å². The average Bonchev–Trinajstić information content (AvgIpc) is 2.81. The first-order valence-electron chi connectivity index (χ1n) is 12.5. The van der Waals surface area contributed by atoms with Gasteiger partial charge in [-0.05, 0) is 49.4 Å². The Morgan fingerprint density at radius 3 is 2.18 bits per heavy atom. The molecule has 8 nitrogen and oxygen atoms in total. The molecule has 2 saturated heterocycles. The van der Waals surface area contributed by atoms with Crippen LogP contribution in [-0.2, 0) is 9.59 Å². The van der Waals surface area contributed by atoms with Gasteiger partial charge in [0.25, 0.3) is 0 Å². The Morgan fingerprint density at radius 2 is 1.62 bits per heavy atom. The summed E-state index contributed by atoms with van der Waals surface area (Å²) in [5, 5.41) is 9.05. The molecule has 8 heteroatoms. The lowest BCUT2D eigenvalue weighted by atomic mass is 9.92. The third-order valence-corrected chi connectivity index (χ3v) is 6.61. The van der Waals surface area contributed by atoms with Crippen LogP contribution in [-0.4, -0.2) is 92.0 Å². The van der Waals surface area contributed by atoms with E-state index in [1.165, 1.54) is 6.42 Å². The maximum absolute atomic E-state index is 13.1. The first-order chi connectivity index (χ1) is 16.4. The molecule has 2 atom stereocenters.